The molecule has 0 aliphatic heterocycles. The fourth-order valence-electron chi connectivity index (χ4n) is 2.39. The summed E-state index contributed by atoms with van der Waals surface area (Å²) in [6.07, 6.45) is 0.937. The average molecular weight is 331 g/mol. The van der Waals surface area contributed by atoms with Gasteiger partial charge in [0.05, 0.1) is 7.11 Å². The monoisotopic (exact) mass is 331 g/mol. The molecule has 0 amide bonds. The molecule has 4 nitrogen and oxygen atoms in total. The highest BCUT2D eigenvalue weighted by Gasteiger charge is 2.08. The number of rotatable bonds is 6. The Balaban J connectivity index is 2.13. The predicted molar refractivity (Wildman–Crippen MR) is 90.6 cm³/mol. The van der Waals surface area contributed by atoms with Gasteiger partial charge in [0.1, 0.15) is 17.3 Å². The van der Waals surface area contributed by atoms with Crippen molar-refractivity contribution in [2.45, 2.75) is 32.7 Å². The molecule has 0 saturated carbocycles. The second-order valence-electron chi connectivity index (χ2n) is 5.78. The molecule has 24 heavy (non-hydrogen) atoms. The number of esters is 1. The van der Waals surface area contributed by atoms with Gasteiger partial charge in [0.15, 0.2) is 0 Å². The summed E-state index contributed by atoms with van der Waals surface area (Å²) < 4.78 is 24.1. The Hall–Kier alpha value is -2.40. The third-order valence-electron chi connectivity index (χ3n) is 3.80. The number of aryl methyl sites for hydroxylation is 2. The molecule has 5 heteroatoms. The highest BCUT2D eigenvalue weighted by atomic mass is 19.1. The molecule has 1 unspecified atom stereocenters. The van der Waals surface area contributed by atoms with E-state index in [1.54, 1.807) is 19.1 Å². The Morgan fingerprint density at radius 3 is 2.58 bits per heavy atom. The molecule has 0 aliphatic rings. The van der Waals surface area contributed by atoms with E-state index in [0.29, 0.717) is 29.9 Å². The van der Waals surface area contributed by atoms with Gasteiger partial charge in [-0.15, -0.1) is 0 Å². The van der Waals surface area contributed by atoms with Crippen molar-refractivity contribution in [3.63, 3.8) is 0 Å². The quantitative estimate of drug-likeness (QED) is 0.811. The smallest absolute Gasteiger partial charge is 0.305 e. The van der Waals surface area contributed by atoms with Crippen LogP contribution in [0.3, 0.4) is 0 Å². The van der Waals surface area contributed by atoms with E-state index in [4.69, 9.17) is 10.5 Å². The highest BCUT2D eigenvalue weighted by Crippen LogP contribution is 2.27. The minimum atomic E-state index is -0.383. The van der Waals surface area contributed by atoms with Gasteiger partial charge in [-0.05, 0) is 61.2 Å². The molecule has 0 saturated heterocycles. The number of hydrogen-bond donors (Lipinski definition) is 1. The van der Waals surface area contributed by atoms with Gasteiger partial charge in [-0.1, -0.05) is 6.07 Å². The molecular weight excluding hydrogens is 309 g/mol. The summed E-state index contributed by atoms with van der Waals surface area (Å²) in [5, 5.41) is 0. The largest absolute Gasteiger partial charge is 0.469 e. The second kappa shape index (κ2) is 7.93. The molecule has 128 valence electrons. The van der Waals surface area contributed by atoms with Crippen LogP contribution in [0.4, 0.5) is 4.39 Å². The Morgan fingerprint density at radius 2 is 1.96 bits per heavy atom. The lowest BCUT2D eigenvalue weighted by molar-refractivity contribution is -0.140. The van der Waals surface area contributed by atoms with Crippen molar-refractivity contribution in [3.8, 4) is 11.5 Å². The summed E-state index contributed by atoms with van der Waals surface area (Å²) in [4.78, 5) is 11.2. The predicted octanol–water partition coefficient (Wildman–Crippen LogP) is 4.05. The summed E-state index contributed by atoms with van der Waals surface area (Å²) in [6.45, 7) is 3.73. The summed E-state index contributed by atoms with van der Waals surface area (Å²) in [6, 6.07) is 9.75. The van der Waals surface area contributed by atoms with Gasteiger partial charge >= 0.3 is 5.97 Å². The zero-order valence-corrected chi connectivity index (χ0v) is 14.1. The first-order valence-corrected chi connectivity index (χ1v) is 7.79. The zero-order valence-electron chi connectivity index (χ0n) is 14.1. The van der Waals surface area contributed by atoms with Crippen LogP contribution in [0.1, 0.15) is 36.1 Å². The summed E-state index contributed by atoms with van der Waals surface area (Å²) in [5.74, 6) is 0.392. The van der Waals surface area contributed by atoms with E-state index < -0.39 is 0 Å². The standard InChI is InChI=1S/C19H22FNO3/c1-12-8-17(6-4-14(12)5-7-19(22)23-3)24-18-10-15(13(2)21)9-16(20)11-18/h4,6,8-11,13H,5,7,21H2,1-3H3. The van der Waals surface area contributed by atoms with E-state index in [1.807, 2.05) is 19.1 Å². The van der Waals surface area contributed by atoms with E-state index in [0.717, 1.165) is 11.1 Å². The van der Waals surface area contributed by atoms with Crippen molar-refractivity contribution < 1.29 is 18.7 Å². The normalized spacial score (nSPS) is 11.9. The maximum Gasteiger partial charge on any atom is 0.305 e. The number of hydrogen-bond acceptors (Lipinski definition) is 4. The first kappa shape index (κ1) is 17.9. The van der Waals surface area contributed by atoms with Crippen molar-refractivity contribution in [2.75, 3.05) is 7.11 Å². The van der Waals surface area contributed by atoms with Gasteiger partial charge in [-0.3, -0.25) is 4.79 Å². The lowest BCUT2D eigenvalue weighted by Crippen LogP contribution is -2.05. The first-order chi connectivity index (χ1) is 11.4. The van der Waals surface area contributed by atoms with Crippen LogP contribution in [0.2, 0.25) is 0 Å². The highest BCUT2D eigenvalue weighted by molar-refractivity contribution is 5.69. The lowest BCUT2D eigenvalue weighted by atomic mass is 10.0. The molecule has 0 radical (unpaired) electrons. The van der Waals surface area contributed by atoms with Crippen LogP contribution in [-0.4, -0.2) is 13.1 Å². The Morgan fingerprint density at radius 1 is 1.21 bits per heavy atom. The van der Waals surface area contributed by atoms with Crippen LogP contribution < -0.4 is 10.5 Å². The summed E-state index contributed by atoms with van der Waals surface area (Å²) >= 11 is 0. The maximum atomic E-state index is 13.7. The van der Waals surface area contributed by atoms with Crippen LogP contribution >= 0.6 is 0 Å². The number of ether oxygens (including phenoxy) is 2. The molecule has 0 aromatic heterocycles. The molecule has 0 fully saturated rings. The van der Waals surface area contributed by atoms with Gasteiger partial charge in [0.25, 0.3) is 0 Å². The molecule has 2 rings (SSSR count). The van der Waals surface area contributed by atoms with Gasteiger partial charge < -0.3 is 15.2 Å². The second-order valence-corrected chi connectivity index (χ2v) is 5.78. The average Bonchev–Trinajstić information content (AvgIpc) is 2.53. The minimum Gasteiger partial charge on any atom is -0.469 e. The van der Waals surface area contributed by atoms with E-state index in [-0.39, 0.29) is 17.8 Å². The zero-order chi connectivity index (χ0) is 17.7. The van der Waals surface area contributed by atoms with Gasteiger partial charge in [0.2, 0.25) is 0 Å². The lowest BCUT2D eigenvalue weighted by Gasteiger charge is -2.12. The van der Waals surface area contributed by atoms with Crippen molar-refractivity contribution in [1.82, 2.24) is 0 Å². The SMILES string of the molecule is COC(=O)CCc1ccc(Oc2cc(F)cc(C(C)N)c2)cc1C. The molecule has 0 heterocycles. The van der Waals surface area contributed by atoms with Crippen molar-refractivity contribution >= 4 is 5.97 Å². The van der Waals surface area contributed by atoms with E-state index in [1.165, 1.54) is 19.2 Å². The molecule has 0 spiro atoms. The van der Waals surface area contributed by atoms with Crippen LogP contribution in [0.5, 0.6) is 11.5 Å². The van der Waals surface area contributed by atoms with E-state index >= 15 is 0 Å². The van der Waals surface area contributed by atoms with Crippen molar-refractivity contribution in [3.05, 3.63) is 58.9 Å². The third-order valence-corrected chi connectivity index (χ3v) is 3.80. The maximum absolute atomic E-state index is 13.7. The molecule has 0 aliphatic carbocycles. The van der Waals surface area contributed by atoms with Crippen LogP contribution in [0, 0.1) is 12.7 Å². The molecule has 2 aromatic rings. The molecule has 1 atom stereocenters. The Labute approximate surface area is 141 Å². The molecule has 2 N–H and O–H groups in total. The first-order valence-electron chi connectivity index (χ1n) is 7.79. The molecule has 0 bridgehead atoms. The van der Waals surface area contributed by atoms with Gasteiger partial charge in [0, 0.05) is 18.5 Å². The van der Waals surface area contributed by atoms with Crippen molar-refractivity contribution in [2.24, 2.45) is 5.73 Å². The van der Waals surface area contributed by atoms with Crippen LogP contribution in [0.15, 0.2) is 36.4 Å². The number of halogens is 1. The Bertz CT molecular complexity index is 729. The summed E-state index contributed by atoms with van der Waals surface area (Å²) in [5.41, 5.74) is 8.52. The number of benzene rings is 2. The van der Waals surface area contributed by atoms with Gasteiger partial charge in [-0.2, -0.15) is 0 Å². The fourth-order valence-corrected chi connectivity index (χ4v) is 2.39. The number of carbonyl (C=O) groups is 1. The minimum absolute atomic E-state index is 0.238. The van der Waals surface area contributed by atoms with E-state index in [9.17, 15) is 9.18 Å². The topological polar surface area (TPSA) is 61.5 Å². The third kappa shape index (κ3) is 4.80. The van der Waals surface area contributed by atoms with Crippen molar-refractivity contribution in [1.29, 1.82) is 0 Å². The molecule has 2 aromatic carbocycles. The van der Waals surface area contributed by atoms with Crippen LogP contribution in [-0.2, 0) is 16.0 Å². The number of methoxy groups -OCH3 is 1. The van der Waals surface area contributed by atoms with Crippen LogP contribution in [0.25, 0.3) is 0 Å². The van der Waals surface area contributed by atoms with Gasteiger partial charge in [-0.25, -0.2) is 4.39 Å². The number of carbonyl (C=O) groups excluding carboxylic acids is 1. The number of nitrogens with two attached hydrogens (primary N) is 1. The van der Waals surface area contributed by atoms with E-state index in [2.05, 4.69) is 4.74 Å². The summed E-state index contributed by atoms with van der Waals surface area (Å²) in [7, 11) is 1.38. The Kier molecular flexibility index (Phi) is 5.93. The molecular formula is C19H22FNO3. The fraction of sp³-hybridized carbons (Fsp3) is 0.316.